The Balaban J connectivity index is 0.000000259. The van der Waals surface area contributed by atoms with Crippen molar-refractivity contribution in [3.63, 3.8) is 0 Å². The average molecular weight is 512 g/mol. The third-order valence-electron chi connectivity index (χ3n) is 6.83. The minimum atomic E-state index is -1.14. The van der Waals surface area contributed by atoms with Gasteiger partial charge in [-0.05, 0) is 86.6 Å². The molecule has 2 heterocycles. The number of alkyl halides is 1. The van der Waals surface area contributed by atoms with Gasteiger partial charge in [0.15, 0.2) is 0 Å². The Labute approximate surface area is 216 Å². The second-order valence-corrected chi connectivity index (χ2v) is 10.4. The number of hydrogen-bond donors (Lipinski definition) is 1. The Morgan fingerprint density at radius 2 is 1.86 bits per heavy atom. The zero-order valence-corrected chi connectivity index (χ0v) is 21.9. The van der Waals surface area contributed by atoms with E-state index in [9.17, 15) is 13.6 Å². The highest BCUT2D eigenvalue weighted by Crippen LogP contribution is 2.50. The summed E-state index contributed by atoms with van der Waals surface area (Å²) in [6.07, 6.45) is 7.37. The molecule has 1 aliphatic heterocycles. The van der Waals surface area contributed by atoms with E-state index in [0.29, 0.717) is 18.9 Å². The number of carbonyl (C=O) groups is 1. The van der Waals surface area contributed by atoms with E-state index in [1.807, 2.05) is 54.6 Å². The monoisotopic (exact) mass is 511 g/mol. The largest absolute Gasteiger partial charge is 0.355 e. The van der Waals surface area contributed by atoms with E-state index in [1.165, 1.54) is 29.1 Å². The highest BCUT2D eigenvalue weighted by Gasteiger charge is 2.45. The summed E-state index contributed by atoms with van der Waals surface area (Å²) < 4.78 is 29.8. The van der Waals surface area contributed by atoms with Crippen LogP contribution < -0.4 is 5.32 Å². The van der Waals surface area contributed by atoms with Crippen LogP contribution in [0.2, 0.25) is 0 Å². The summed E-state index contributed by atoms with van der Waals surface area (Å²) in [6.45, 7) is 4.00. The molecule has 0 spiro atoms. The predicted molar refractivity (Wildman–Crippen MR) is 144 cm³/mol. The van der Waals surface area contributed by atoms with Crippen LogP contribution in [0, 0.1) is 5.82 Å². The Morgan fingerprint density at radius 3 is 2.53 bits per heavy atom. The van der Waals surface area contributed by atoms with Crippen LogP contribution in [0.5, 0.6) is 0 Å². The number of fused-ring (bicyclic) bond motifs is 1. The molecule has 192 valence electrons. The average Bonchev–Trinajstić information content (AvgIpc) is 3.30. The highest BCUT2D eigenvalue weighted by atomic mass is 32.2. The molecule has 3 aliphatic rings. The summed E-state index contributed by atoms with van der Waals surface area (Å²) in [6, 6.07) is 14.7. The lowest BCUT2D eigenvalue weighted by Crippen LogP contribution is -2.26. The van der Waals surface area contributed by atoms with Crippen molar-refractivity contribution in [1.82, 2.24) is 15.1 Å². The van der Waals surface area contributed by atoms with Crippen molar-refractivity contribution in [1.29, 1.82) is 0 Å². The smallest absolute Gasteiger partial charge is 0.207 e. The zero-order chi connectivity index (χ0) is 25.5. The molecule has 0 radical (unpaired) electrons. The molecule has 1 saturated heterocycles. The van der Waals surface area contributed by atoms with Crippen molar-refractivity contribution < 1.29 is 13.6 Å². The molecule has 7 heteroatoms. The van der Waals surface area contributed by atoms with Crippen LogP contribution in [0.15, 0.2) is 48.5 Å². The van der Waals surface area contributed by atoms with E-state index in [1.54, 1.807) is 12.1 Å². The summed E-state index contributed by atoms with van der Waals surface area (Å²) in [4.78, 5) is 9.84. The maximum absolute atomic E-state index is 14.5. The van der Waals surface area contributed by atoms with E-state index < -0.39 is 5.67 Å². The van der Waals surface area contributed by atoms with Crippen molar-refractivity contribution in [2.24, 2.45) is 0 Å². The number of thioether (sulfide) groups is 1. The fraction of sp³-hybridized carbons (Fsp3) is 0.448. The fourth-order valence-corrected chi connectivity index (χ4v) is 5.90. The molecule has 0 bridgehead atoms. The van der Waals surface area contributed by atoms with Gasteiger partial charge in [0, 0.05) is 28.6 Å². The SMILES string of the molecule is CC.Fc1ccc(-n2nc(-c3cccc(C4(F)CC4)c3)c3c2CCCC3)cc1.O=CNC1CCSC1. The number of halogens is 2. The van der Waals surface area contributed by atoms with Gasteiger partial charge in [-0.1, -0.05) is 32.0 Å². The van der Waals surface area contributed by atoms with Crippen molar-refractivity contribution in [3.05, 3.63) is 71.2 Å². The first kappa shape index (κ1) is 26.4. The number of rotatable bonds is 5. The first-order valence-electron chi connectivity index (χ1n) is 13.0. The van der Waals surface area contributed by atoms with E-state index in [2.05, 4.69) is 5.32 Å². The summed E-state index contributed by atoms with van der Waals surface area (Å²) in [7, 11) is 0. The first-order chi connectivity index (χ1) is 17.6. The van der Waals surface area contributed by atoms with Crippen LogP contribution in [-0.4, -0.2) is 33.7 Å². The van der Waals surface area contributed by atoms with Crippen LogP contribution in [-0.2, 0) is 23.3 Å². The van der Waals surface area contributed by atoms with E-state index in [0.717, 1.165) is 66.8 Å². The second kappa shape index (κ2) is 12.0. The van der Waals surface area contributed by atoms with Crippen LogP contribution in [0.4, 0.5) is 8.78 Å². The molecule has 1 unspecified atom stereocenters. The maximum Gasteiger partial charge on any atom is 0.207 e. The van der Waals surface area contributed by atoms with Crippen LogP contribution in [0.1, 0.15) is 62.8 Å². The number of carbonyl (C=O) groups excluding carboxylic acids is 1. The van der Waals surface area contributed by atoms with Gasteiger partial charge in [-0.25, -0.2) is 13.5 Å². The van der Waals surface area contributed by atoms with Gasteiger partial charge in [-0.3, -0.25) is 4.79 Å². The molecule has 1 aromatic heterocycles. The lowest BCUT2D eigenvalue weighted by atomic mass is 9.92. The van der Waals surface area contributed by atoms with Gasteiger partial charge in [0.1, 0.15) is 11.5 Å². The molecule has 36 heavy (non-hydrogen) atoms. The van der Waals surface area contributed by atoms with Crippen molar-refractivity contribution in [2.45, 2.75) is 70.5 Å². The number of benzene rings is 2. The lowest BCUT2D eigenvalue weighted by Gasteiger charge is -2.14. The van der Waals surface area contributed by atoms with E-state index in [-0.39, 0.29) is 5.82 Å². The third kappa shape index (κ3) is 6.00. The summed E-state index contributed by atoms with van der Waals surface area (Å²) in [5.41, 5.74) is 4.86. The third-order valence-corrected chi connectivity index (χ3v) is 7.99. The molecule has 1 N–H and O–H groups in total. The van der Waals surface area contributed by atoms with Crippen LogP contribution >= 0.6 is 11.8 Å². The Hall–Kier alpha value is -2.67. The first-order valence-corrected chi connectivity index (χ1v) is 14.2. The molecule has 1 saturated carbocycles. The highest BCUT2D eigenvalue weighted by molar-refractivity contribution is 7.99. The number of nitrogens with one attached hydrogen (secondary N) is 1. The molecule has 2 fully saturated rings. The fourth-order valence-electron chi connectivity index (χ4n) is 4.73. The maximum atomic E-state index is 14.5. The minimum Gasteiger partial charge on any atom is -0.355 e. The van der Waals surface area contributed by atoms with Gasteiger partial charge in [0.05, 0.1) is 11.4 Å². The minimum absolute atomic E-state index is 0.250. The van der Waals surface area contributed by atoms with Crippen LogP contribution in [0.25, 0.3) is 16.9 Å². The van der Waals surface area contributed by atoms with Crippen molar-refractivity contribution >= 4 is 18.2 Å². The Bertz CT molecular complexity index is 1150. The molecule has 6 rings (SSSR count). The summed E-state index contributed by atoms with van der Waals surface area (Å²) >= 11 is 1.90. The number of hydrogen-bond acceptors (Lipinski definition) is 3. The number of amides is 1. The van der Waals surface area contributed by atoms with Crippen molar-refractivity contribution in [3.8, 4) is 16.9 Å². The van der Waals surface area contributed by atoms with Gasteiger partial charge in [0.2, 0.25) is 6.41 Å². The molecule has 4 nitrogen and oxygen atoms in total. The van der Waals surface area contributed by atoms with Gasteiger partial charge in [0.25, 0.3) is 0 Å². The topological polar surface area (TPSA) is 46.9 Å². The lowest BCUT2D eigenvalue weighted by molar-refractivity contribution is -0.110. The normalized spacial score (nSPS) is 19.2. The molecule has 2 aliphatic carbocycles. The molecular formula is C29H35F2N3OS. The summed E-state index contributed by atoms with van der Waals surface area (Å²) in [5.74, 6) is 2.05. The predicted octanol–water partition coefficient (Wildman–Crippen LogP) is 6.78. The molecule has 2 aromatic carbocycles. The number of nitrogens with zero attached hydrogens (tertiary/aromatic N) is 2. The summed E-state index contributed by atoms with van der Waals surface area (Å²) in [5, 5.41) is 7.62. The molecule has 3 aromatic rings. The Morgan fingerprint density at radius 1 is 1.11 bits per heavy atom. The number of aromatic nitrogens is 2. The van der Waals surface area contributed by atoms with Gasteiger partial charge < -0.3 is 5.32 Å². The van der Waals surface area contributed by atoms with Gasteiger partial charge >= 0.3 is 0 Å². The molecule has 1 amide bonds. The Kier molecular flexibility index (Phi) is 8.83. The molecular weight excluding hydrogens is 476 g/mol. The van der Waals surface area contributed by atoms with Crippen LogP contribution in [0.3, 0.4) is 0 Å². The molecule has 1 atom stereocenters. The van der Waals surface area contributed by atoms with Crippen molar-refractivity contribution in [2.75, 3.05) is 11.5 Å². The quantitative estimate of drug-likeness (QED) is 0.384. The van der Waals surface area contributed by atoms with E-state index >= 15 is 0 Å². The van der Waals surface area contributed by atoms with Gasteiger partial charge in [-0.2, -0.15) is 16.9 Å². The standard InChI is InChI=1S/C22H20F2N2.C5H9NOS.C2H6/c23-17-8-10-18(11-9-17)26-20-7-2-1-6-19(20)21(25-26)15-4-3-5-16(14-15)22(24)12-13-22;7-4-6-5-1-2-8-3-5;1-2/h3-5,8-11,14H,1-2,6-7,12-13H2;4-5H,1-3H2,(H,6,7);1-2H3. The van der Waals surface area contributed by atoms with E-state index in [4.69, 9.17) is 5.10 Å². The second-order valence-electron chi connectivity index (χ2n) is 9.26. The zero-order valence-electron chi connectivity index (χ0n) is 21.1. The van der Waals surface area contributed by atoms with Gasteiger partial charge in [-0.15, -0.1) is 0 Å².